The lowest BCUT2D eigenvalue weighted by Crippen LogP contribution is -2.26. The molecule has 1 saturated heterocycles. The van der Waals surface area contributed by atoms with Crippen LogP contribution in [-0.4, -0.2) is 35.1 Å². The number of thiophene rings is 1. The molecule has 7 heteroatoms. The zero-order valence-electron chi connectivity index (χ0n) is 11.0. The van der Waals surface area contributed by atoms with Crippen molar-refractivity contribution < 1.29 is 9.53 Å². The number of nitrogens with two attached hydrogens (primary N) is 1. The van der Waals surface area contributed by atoms with Gasteiger partial charge in [-0.15, -0.1) is 11.3 Å². The Hall–Kier alpha value is -1.73. The zero-order chi connectivity index (χ0) is 13.9. The molecule has 1 fully saturated rings. The van der Waals surface area contributed by atoms with E-state index in [4.69, 9.17) is 10.5 Å². The Kier molecular flexibility index (Phi) is 3.79. The molecule has 3 N–H and O–H groups in total. The van der Waals surface area contributed by atoms with E-state index in [1.807, 2.05) is 0 Å². The van der Waals surface area contributed by atoms with Gasteiger partial charge < -0.3 is 15.8 Å². The van der Waals surface area contributed by atoms with Gasteiger partial charge in [0, 0.05) is 25.5 Å². The van der Waals surface area contributed by atoms with Crippen molar-refractivity contribution in [3.05, 3.63) is 17.3 Å². The fourth-order valence-electron chi connectivity index (χ4n) is 2.31. The van der Waals surface area contributed by atoms with Crippen LogP contribution in [0.5, 0.6) is 0 Å². The molecule has 1 aliphatic heterocycles. The van der Waals surface area contributed by atoms with E-state index in [1.54, 1.807) is 12.4 Å². The minimum atomic E-state index is -0.162. The third-order valence-corrected chi connectivity index (χ3v) is 4.45. The highest BCUT2D eigenvalue weighted by molar-refractivity contribution is 7.21. The second-order valence-corrected chi connectivity index (χ2v) is 5.73. The fraction of sp³-hybridized carbons (Fsp3) is 0.462. The van der Waals surface area contributed by atoms with E-state index in [-0.39, 0.29) is 12.0 Å². The third-order valence-electron chi connectivity index (χ3n) is 3.35. The van der Waals surface area contributed by atoms with E-state index in [9.17, 15) is 4.79 Å². The molecule has 2 aromatic rings. The molecule has 3 rings (SSSR count). The van der Waals surface area contributed by atoms with Crippen LogP contribution in [0.2, 0.25) is 0 Å². The van der Waals surface area contributed by atoms with Gasteiger partial charge in [0.2, 0.25) is 0 Å². The number of hydrogen-bond acceptors (Lipinski definition) is 6. The summed E-state index contributed by atoms with van der Waals surface area (Å²) in [5.41, 5.74) is 6.96. The Morgan fingerprint density at radius 3 is 3.10 bits per heavy atom. The van der Waals surface area contributed by atoms with Gasteiger partial charge in [0.15, 0.2) is 0 Å². The molecule has 0 aliphatic carbocycles. The molecule has 1 aliphatic rings. The summed E-state index contributed by atoms with van der Waals surface area (Å²) in [6.45, 7) is 1.43. The average molecular weight is 292 g/mol. The van der Waals surface area contributed by atoms with Crippen LogP contribution in [0.3, 0.4) is 0 Å². The molecule has 1 amide bonds. The van der Waals surface area contributed by atoms with Crippen LogP contribution < -0.4 is 11.1 Å². The largest absolute Gasteiger partial charge is 0.396 e. The SMILES string of the molecule is Nc1c(C(=O)NCCC2CCCO2)sc2nccnc12. The number of aromatic nitrogens is 2. The van der Waals surface area contributed by atoms with E-state index in [0.717, 1.165) is 25.9 Å². The molecule has 6 nitrogen and oxygen atoms in total. The summed E-state index contributed by atoms with van der Waals surface area (Å²) in [6.07, 6.45) is 6.47. The van der Waals surface area contributed by atoms with Crippen molar-refractivity contribution in [1.82, 2.24) is 15.3 Å². The maximum atomic E-state index is 12.1. The predicted molar refractivity (Wildman–Crippen MR) is 77.8 cm³/mol. The van der Waals surface area contributed by atoms with Crippen molar-refractivity contribution in [2.75, 3.05) is 18.9 Å². The van der Waals surface area contributed by atoms with Gasteiger partial charge in [-0.2, -0.15) is 0 Å². The number of amides is 1. The summed E-state index contributed by atoms with van der Waals surface area (Å²) in [4.78, 5) is 21.6. The lowest BCUT2D eigenvalue weighted by atomic mass is 10.2. The summed E-state index contributed by atoms with van der Waals surface area (Å²) in [5.74, 6) is -0.162. The van der Waals surface area contributed by atoms with Crippen molar-refractivity contribution >= 4 is 33.3 Å². The molecule has 2 aromatic heterocycles. The number of hydrogen-bond donors (Lipinski definition) is 2. The van der Waals surface area contributed by atoms with Crippen LogP contribution in [-0.2, 0) is 4.74 Å². The van der Waals surface area contributed by atoms with E-state index < -0.39 is 0 Å². The lowest BCUT2D eigenvalue weighted by molar-refractivity contribution is 0.0911. The first kappa shape index (κ1) is 13.3. The molecule has 0 aromatic carbocycles. The van der Waals surface area contributed by atoms with Gasteiger partial charge in [0.25, 0.3) is 5.91 Å². The topological polar surface area (TPSA) is 90.1 Å². The molecule has 1 unspecified atom stereocenters. The lowest BCUT2D eigenvalue weighted by Gasteiger charge is -2.09. The molecule has 0 spiro atoms. The first-order valence-corrected chi connectivity index (χ1v) is 7.46. The van der Waals surface area contributed by atoms with Gasteiger partial charge in [0.05, 0.1) is 11.8 Å². The zero-order valence-corrected chi connectivity index (χ0v) is 11.8. The molecule has 0 saturated carbocycles. The van der Waals surface area contributed by atoms with Crippen LogP contribution >= 0.6 is 11.3 Å². The molecular weight excluding hydrogens is 276 g/mol. The monoisotopic (exact) mass is 292 g/mol. The second-order valence-electron chi connectivity index (χ2n) is 4.73. The summed E-state index contributed by atoms with van der Waals surface area (Å²) in [6, 6.07) is 0. The van der Waals surface area contributed by atoms with Crippen LogP contribution in [0.15, 0.2) is 12.4 Å². The van der Waals surface area contributed by atoms with Gasteiger partial charge >= 0.3 is 0 Å². The van der Waals surface area contributed by atoms with E-state index in [2.05, 4.69) is 15.3 Å². The molecule has 20 heavy (non-hydrogen) atoms. The van der Waals surface area contributed by atoms with Crippen molar-refractivity contribution in [2.45, 2.75) is 25.4 Å². The predicted octanol–water partition coefficient (Wildman–Crippen LogP) is 1.57. The minimum Gasteiger partial charge on any atom is -0.396 e. The Morgan fingerprint density at radius 1 is 1.50 bits per heavy atom. The van der Waals surface area contributed by atoms with Gasteiger partial charge in [-0.3, -0.25) is 4.79 Å². The quantitative estimate of drug-likeness (QED) is 0.892. The summed E-state index contributed by atoms with van der Waals surface area (Å²) in [5, 5.41) is 2.88. The number of carbonyl (C=O) groups is 1. The molecular formula is C13H16N4O2S. The molecule has 0 radical (unpaired) electrons. The Bertz CT molecular complexity index is 622. The number of anilines is 1. The molecule has 3 heterocycles. The van der Waals surface area contributed by atoms with Gasteiger partial charge in [0.1, 0.15) is 15.2 Å². The first-order valence-electron chi connectivity index (χ1n) is 6.64. The van der Waals surface area contributed by atoms with Gasteiger partial charge in [-0.1, -0.05) is 0 Å². The number of ether oxygens (including phenoxy) is 1. The number of rotatable bonds is 4. The maximum absolute atomic E-state index is 12.1. The van der Waals surface area contributed by atoms with Gasteiger partial charge in [-0.25, -0.2) is 9.97 Å². The molecule has 106 valence electrons. The number of fused-ring (bicyclic) bond motifs is 1. The first-order chi connectivity index (χ1) is 9.75. The van der Waals surface area contributed by atoms with Crippen molar-refractivity contribution in [3.8, 4) is 0 Å². The summed E-state index contributed by atoms with van der Waals surface area (Å²) in [7, 11) is 0. The van der Waals surface area contributed by atoms with Crippen LogP contribution in [0.25, 0.3) is 10.3 Å². The molecule has 0 bridgehead atoms. The molecule has 1 atom stereocenters. The Morgan fingerprint density at radius 2 is 2.35 bits per heavy atom. The van der Waals surface area contributed by atoms with Crippen molar-refractivity contribution in [3.63, 3.8) is 0 Å². The highest BCUT2D eigenvalue weighted by Crippen LogP contribution is 2.30. The minimum absolute atomic E-state index is 0.162. The third kappa shape index (κ3) is 2.59. The number of nitrogen functional groups attached to an aromatic ring is 1. The smallest absolute Gasteiger partial charge is 0.263 e. The highest BCUT2D eigenvalue weighted by atomic mass is 32.1. The Labute approximate surface area is 120 Å². The number of carbonyl (C=O) groups excluding carboxylic acids is 1. The van der Waals surface area contributed by atoms with Crippen LogP contribution in [0.4, 0.5) is 5.69 Å². The second kappa shape index (κ2) is 5.72. The number of nitrogens with zero attached hydrogens (tertiary/aromatic N) is 2. The fourth-order valence-corrected chi connectivity index (χ4v) is 3.25. The highest BCUT2D eigenvalue weighted by Gasteiger charge is 2.19. The summed E-state index contributed by atoms with van der Waals surface area (Å²) < 4.78 is 5.52. The van der Waals surface area contributed by atoms with Crippen LogP contribution in [0, 0.1) is 0 Å². The van der Waals surface area contributed by atoms with Crippen LogP contribution in [0.1, 0.15) is 28.9 Å². The van der Waals surface area contributed by atoms with E-state index >= 15 is 0 Å². The summed E-state index contributed by atoms with van der Waals surface area (Å²) >= 11 is 1.27. The van der Waals surface area contributed by atoms with E-state index in [1.165, 1.54) is 11.3 Å². The van der Waals surface area contributed by atoms with Crippen molar-refractivity contribution in [1.29, 1.82) is 0 Å². The Balaban J connectivity index is 1.64. The van der Waals surface area contributed by atoms with E-state index in [0.29, 0.717) is 27.5 Å². The van der Waals surface area contributed by atoms with Gasteiger partial charge in [-0.05, 0) is 19.3 Å². The number of nitrogens with one attached hydrogen (secondary N) is 1. The van der Waals surface area contributed by atoms with Crippen molar-refractivity contribution in [2.24, 2.45) is 0 Å². The standard InChI is InChI=1S/C13H16N4O2S/c14-9-10-13(17-6-5-15-10)20-11(9)12(18)16-4-3-8-2-1-7-19-8/h5-6,8H,1-4,7,14H2,(H,16,18). The average Bonchev–Trinajstić information content (AvgIpc) is 3.08. The normalized spacial score (nSPS) is 18.5. The maximum Gasteiger partial charge on any atom is 0.263 e.